The van der Waals surface area contributed by atoms with E-state index in [9.17, 15) is 10.1 Å². The number of halogens is 1. The molecule has 0 spiro atoms. The maximum Gasteiger partial charge on any atom is 0.264 e. The van der Waals surface area contributed by atoms with Gasteiger partial charge >= 0.3 is 0 Å². The number of nitrogens with two attached hydrogens (primary N) is 1. The Balaban J connectivity index is 1.47. The summed E-state index contributed by atoms with van der Waals surface area (Å²) in [4.78, 5) is 23.6. The van der Waals surface area contributed by atoms with Crippen molar-refractivity contribution in [3.63, 3.8) is 0 Å². The van der Waals surface area contributed by atoms with Crippen LogP contribution < -0.4 is 10.5 Å². The molecule has 1 amide bonds. The lowest BCUT2D eigenvalue weighted by Gasteiger charge is -2.33. The molecule has 0 bridgehead atoms. The van der Waals surface area contributed by atoms with Crippen LogP contribution in [-0.4, -0.2) is 55.9 Å². The third-order valence-corrected chi connectivity index (χ3v) is 7.08. The van der Waals surface area contributed by atoms with Gasteiger partial charge in [0.2, 0.25) is 0 Å². The van der Waals surface area contributed by atoms with E-state index < -0.39 is 11.4 Å². The zero-order chi connectivity index (χ0) is 29.9. The number of nitrogens with zero attached hydrogens (tertiary/aromatic N) is 6. The normalized spacial score (nSPS) is 15.9. The predicted octanol–water partition coefficient (Wildman–Crippen LogP) is 5.44. The standard InChI is InChI=1S/C31H32FN7O3/c1-4-41-31(2,3)16-20(17-33)30(40)38-14-8-9-21(18-38)39-29-26(28(34)35-19-36-29)27(37-39)24-13-12-23(15-25(24)32)42-22-10-6-5-7-11-22/h5-7,10-13,15-16,19,21H,4,8-9,14,18H2,1-3H3,(H2,34,35,36)/b20-16+/t21-/m0/s1. The monoisotopic (exact) mass is 569 g/mol. The molecule has 216 valence electrons. The van der Waals surface area contributed by atoms with Crippen LogP contribution in [0.2, 0.25) is 0 Å². The molecule has 11 heteroatoms. The van der Waals surface area contributed by atoms with E-state index in [0.717, 1.165) is 0 Å². The number of amides is 1. The summed E-state index contributed by atoms with van der Waals surface area (Å²) in [5.41, 5.74) is 6.48. The molecule has 1 atom stereocenters. The number of likely N-dealkylation sites (tertiary alicyclic amines) is 1. The number of nitriles is 1. The van der Waals surface area contributed by atoms with Crippen molar-refractivity contribution < 1.29 is 18.7 Å². The van der Waals surface area contributed by atoms with Crippen LogP contribution in [0.1, 0.15) is 39.7 Å². The van der Waals surface area contributed by atoms with Gasteiger partial charge in [-0.1, -0.05) is 18.2 Å². The molecule has 1 aliphatic rings. The first-order valence-electron chi connectivity index (χ1n) is 13.8. The topological polar surface area (TPSA) is 132 Å². The van der Waals surface area contributed by atoms with Crippen LogP contribution in [-0.2, 0) is 9.53 Å². The Labute approximate surface area is 243 Å². The fraction of sp³-hybridized carbons (Fsp3) is 0.323. The highest BCUT2D eigenvalue weighted by Gasteiger charge is 2.31. The number of nitrogen functional groups attached to an aromatic ring is 1. The lowest BCUT2D eigenvalue weighted by molar-refractivity contribution is -0.128. The summed E-state index contributed by atoms with van der Waals surface area (Å²) in [6.45, 7) is 6.70. The van der Waals surface area contributed by atoms with Crippen LogP contribution in [0.15, 0.2) is 66.5 Å². The van der Waals surface area contributed by atoms with Crippen molar-refractivity contribution in [2.45, 2.75) is 45.3 Å². The first-order chi connectivity index (χ1) is 20.2. The Morgan fingerprint density at radius 3 is 2.71 bits per heavy atom. The second kappa shape index (κ2) is 12.0. The van der Waals surface area contributed by atoms with Crippen LogP contribution in [0.25, 0.3) is 22.3 Å². The third-order valence-electron chi connectivity index (χ3n) is 7.08. The Kier molecular flexibility index (Phi) is 8.17. The summed E-state index contributed by atoms with van der Waals surface area (Å²) < 4.78 is 28.7. The van der Waals surface area contributed by atoms with Gasteiger partial charge in [-0.25, -0.2) is 19.0 Å². The van der Waals surface area contributed by atoms with Crippen molar-refractivity contribution in [1.29, 1.82) is 5.26 Å². The number of benzene rings is 2. The van der Waals surface area contributed by atoms with E-state index in [4.69, 9.17) is 20.3 Å². The second-order valence-electron chi connectivity index (χ2n) is 10.6. The largest absolute Gasteiger partial charge is 0.457 e. The van der Waals surface area contributed by atoms with E-state index in [1.807, 2.05) is 31.2 Å². The predicted molar refractivity (Wildman–Crippen MR) is 156 cm³/mol. The Hall–Kier alpha value is -4.82. The smallest absolute Gasteiger partial charge is 0.264 e. The quantitative estimate of drug-likeness (QED) is 0.219. The van der Waals surface area contributed by atoms with Crippen LogP contribution >= 0.6 is 0 Å². The molecular formula is C31H32FN7O3. The van der Waals surface area contributed by atoms with Gasteiger partial charge in [-0.2, -0.15) is 10.4 Å². The zero-order valence-electron chi connectivity index (χ0n) is 23.7. The van der Waals surface area contributed by atoms with Gasteiger partial charge in [0.1, 0.15) is 46.8 Å². The van der Waals surface area contributed by atoms with E-state index in [0.29, 0.717) is 60.8 Å². The van der Waals surface area contributed by atoms with Crippen molar-refractivity contribution in [2.24, 2.45) is 0 Å². The number of piperidine rings is 1. The number of ether oxygens (including phenoxy) is 2. The first-order valence-corrected chi connectivity index (χ1v) is 13.8. The number of fused-ring (bicyclic) bond motifs is 1. The summed E-state index contributed by atoms with van der Waals surface area (Å²) in [6.07, 6.45) is 4.28. The van der Waals surface area contributed by atoms with Crippen molar-refractivity contribution in [1.82, 2.24) is 24.6 Å². The van der Waals surface area contributed by atoms with Gasteiger partial charge in [0.15, 0.2) is 5.65 Å². The summed E-state index contributed by atoms with van der Waals surface area (Å²) in [5.74, 6) is 0.178. The maximum absolute atomic E-state index is 15.5. The van der Waals surface area contributed by atoms with Crippen LogP contribution in [0.3, 0.4) is 0 Å². The summed E-state index contributed by atoms with van der Waals surface area (Å²) >= 11 is 0. The first kappa shape index (κ1) is 28.7. The number of aromatic nitrogens is 4. The average Bonchev–Trinajstić information content (AvgIpc) is 3.37. The molecule has 42 heavy (non-hydrogen) atoms. The molecule has 3 heterocycles. The van der Waals surface area contributed by atoms with Crippen molar-refractivity contribution in [2.75, 3.05) is 25.4 Å². The van der Waals surface area contributed by atoms with Gasteiger partial charge in [0.05, 0.1) is 17.0 Å². The number of para-hydroxylation sites is 1. The molecule has 1 saturated heterocycles. The highest BCUT2D eigenvalue weighted by atomic mass is 19.1. The average molecular weight is 570 g/mol. The van der Waals surface area contributed by atoms with E-state index >= 15 is 4.39 Å². The fourth-order valence-corrected chi connectivity index (χ4v) is 5.23. The minimum Gasteiger partial charge on any atom is -0.457 e. The van der Waals surface area contributed by atoms with Gasteiger partial charge in [-0.05, 0) is 64.0 Å². The van der Waals surface area contributed by atoms with Crippen LogP contribution in [0.4, 0.5) is 10.2 Å². The molecule has 10 nitrogen and oxygen atoms in total. The highest BCUT2D eigenvalue weighted by Crippen LogP contribution is 2.36. The molecule has 1 fully saturated rings. The van der Waals surface area contributed by atoms with Gasteiger partial charge in [0, 0.05) is 31.3 Å². The SMILES string of the molecule is CCOC(C)(C)/C=C(\C#N)C(=O)N1CCC[C@H](n2nc(-c3ccc(Oc4ccccc4)cc3F)c3c(N)ncnc32)C1. The Bertz CT molecular complexity index is 1680. The lowest BCUT2D eigenvalue weighted by Crippen LogP contribution is -2.42. The molecule has 5 rings (SSSR count). The van der Waals surface area contributed by atoms with Gasteiger partial charge in [-0.15, -0.1) is 0 Å². The number of hydrogen-bond donors (Lipinski definition) is 1. The minimum atomic E-state index is -0.766. The molecule has 2 aromatic carbocycles. The molecule has 0 aliphatic carbocycles. The molecule has 4 aromatic rings. The molecule has 0 saturated carbocycles. The van der Waals surface area contributed by atoms with E-state index in [1.54, 1.807) is 53.8 Å². The Morgan fingerprint density at radius 1 is 1.21 bits per heavy atom. The number of anilines is 1. The summed E-state index contributed by atoms with van der Waals surface area (Å²) in [7, 11) is 0. The number of carbonyl (C=O) groups is 1. The van der Waals surface area contributed by atoms with Crippen LogP contribution in [0, 0.1) is 17.1 Å². The molecular weight excluding hydrogens is 537 g/mol. The lowest BCUT2D eigenvalue weighted by atomic mass is 10.0. The van der Waals surface area contributed by atoms with Crippen molar-refractivity contribution in [3.05, 3.63) is 72.3 Å². The highest BCUT2D eigenvalue weighted by molar-refractivity contribution is 5.99. The molecule has 0 unspecified atom stereocenters. The van der Waals surface area contributed by atoms with Gasteiger partial charge < -0.3 is 20.1 Å². The van der Waals surface area contributed by atoms with E-state index in [1.165, 1.54) is 12.4 Å². The Morgan fingerprint density at radius 2 is 2.00 bits per heavy atom. The van der Waals surface area contributed by atoms with Crippen molar-refractivity contribution >= 4 is 22.8 Å². The number of carbonyl (C=O) groups excluding carboxylic acids is 1. The fourth-order valence-electron chi connectivity index (χ4n) is 5.23. The molecule has 1 aliphatic heterocycles. The summed E-state index contributed by atoms with van der Waals surface area (Å²) in [5, 5.41) is 15.0. The van der Waals surface area contributed by atoms with Crippen molar-refractivity contribution in [3.8, 4) is 28.8 Å². The second-order valence-corrected chi connectivity index (χ2v) is 10.6. The maximum atomic E-state index is 15.5. The molecule has 2 N–H and O–H groups in total. The molecule has 2 aromatic heterocycles. The third kappa shape index (κ3) is 5.94. The number of rotatable bonds is 8. The summed E-state index contributed by atoms with van der Waals surface area (Å²) in [6, 6.07) is 15.4. The van der Waals surface area contributed by atoms with Gasteiger partial charge in [-0.3, -0.25) is 4.79 Å². The number of hydrogen-bond acceptors (Lipinski definition) is 8. The van der Waals surface area contributed by atoms with E-state index in [-0.39, 0.29) is 28.9 Å². The van der Waals surface area contributed by atoms with E-state index in [2.05, 4.69) is 9.97 Å². The minimum absolute atomic E-state index is 0.0200. The van der Waals surface area contributed by atoms with Gasteiger partial charge in [0.25, 0.3) is 5.91 Å². The zero-order valence-corrected chi connectivity index (χ0v) is 23.7. The molecule has 0 radical (unpaired) electrons. The van der Waals surface area contributed by atoms with Crippen LogP contribution in [0.5, 0.6) is 11.5 Å².